The van der Waals surface area contributed by atoms with Crippen LogP contribution in [-0.2, 0) is 99.1 Å². The summed E-state index contributed by atoms with van der Waals surface area (Å²) in [7, 11) is 0. The van der Waals surface area contributed by atoms with Gasteiger partial charge in [0.25, 0.3) is 0 Å². The molecule has 0 saturated heterocycles. The van der Waals surface area contributed by atoms with Crippen LogP contribution < -0.4 is 96.5 Å². The molecule has 2 aromatic carbocycles. The number of hydrogen-bond donors (Lipinski definition) is 27. The molecule has 0 aliphatic heterocycles. The molecule has 704 valence electrons. The lowest BCUT2D eigenvalue weighted by Crippen LogP contribution is -2.64. The molecule has 0 aromatic heterocycles. The van der Waals surface area contributed by atoms with E-state index in [0.29, 0.717) is 11.1 Å². The molecule has 126 heavy (non-hydrogen) atoms. The third kappa shape index (κ3) is 38.4. The first-order valence-electron chi connectivity index (χ1n) is 41.1. The maximum Gasteiger partial charge on any atom is 0.326 e. The largest absolute Gasteiger partial charge is 0.508 e. The SMILES string of the molecule is CC[C@H](C)[C@H](NC(=O)[C@H](CO)NC(=O)[C@H](Cc1ccc(O)cc1)NC(=O)[C@H](CC(C)C)NC(=O)[C@H](CO)NC(=O)[C@@H](NC(=O)[C@@H](NC(=O)[C@@H](NC(=O)CNC(=O)[C@H](CCC(=O)O)NC(=O)C(C)(C)NC(=O)[C@@H](N)Cc1ccc(O)cc1)[C@@H](C)O)C(C)C)C(C)C)C(=O)NC(C)(C)C(=O)N[C@@H](CC(C)C)C(=O)N[C@@H](CC(=O)O)C(=O)N[C@@H](CCCNC(=N)N)C(=O)O. The van der Waals surface area contributed by atoms with Gasteiger partial charge in [0.15, 0.2) is 5.96 Å². The Morgan fingerprint density at radius 1 is 0.421 bits per heavy atom. The van der Waals surface area contributed by atoms with Crippen LogP contribution in [0.3, 0.4) is 0 Å². The number of guanidine groups is 1. The summed E-state index contributed by atoms with van der Waals surface area (Å²) in [6, 6.07) is -10.0. The number of benzene rings is 2. The van der Waals surface area contributed by atoms with Gasteiger partial charge in [-0.25, -0.2) is 4.79 Å². The fourth-order valence-corrected chi connectivity index (χ4v) is 12.2. The van der Waals surface area contributed by atoms with Crippen molar-refractivity contribution in [3.63, 3.8) is 0 Å². The van der Waals surface area contributed by atoms with Crippen molar-refractivity contribution in [3.05, 3.63) is 59.7 Å². The van der Waals surface area contributed by atoms with Crippen LogP contribution in [0.5, 0.6) is 11.5 Å². The van der Waals surface area contributed by atoms with Crippen LogP contribution in [0.1, 0.15) is 166 Å². The molecule has 45 nitrogen and oxygen atoms in total. The average Bonchev–Trinajstić information content (AvgIpc) is 0.838. The fourth-order valence-electron chi connectivity index (χ4n) is 12.2. The number of carboxylic acids is 3. The van der Waals surface area contributed by atoms with Crippen molar-refractivity contribution in [1.82, 2.24) is 85.1 Å². The molecule has 0 radical (unpaired) electrons. The summed E-state index contributed by atoms with van der Waals surface area (Å²) < 4.78 is 0. The highest BCUT2D eigenvalue weighted by molar-refractivity contribution is 6.02. The Morgan fingerprint density at radius 2 is 0.810 bits per heavy atom. The third-order valence-electron chi connectivity index (χ3n) is 19.7. The molecule has 15 atom stereocenters. The first kappa shape index (κ1) is 110. The van der Waals surface area contributed by atoms with E-state index < -0.39 is 271 Å². The number of hydrogen-bond acceptors (Lipinski definition) is 25. The number of carbonyl (C=O) groups excluding carboxylic acids is 15. The van der Waals surface area contributed by atoms with Crippen molar-refractivity contribution in [2.45, 2.75) is 264 Å². The van der Waals surface area contributed by atoms with E-state index in [1.165, 1.54) is 104 Å². The summed E-state index contributed by atoms with van der Waals surface area (Å²) >= 11 is 0. The predicted molar refractivity (Wildman–Crippen MR) is 452 cm³/mol. The number of rotatable bonds is 55. The van der Waals surface area contributed by atoms with Crippen molar-refractivity contribution in [3.8, 4) is 11.5 Å². The highest BCUT2D eigenvalue weighted by Gasteiger charge is 2.42. The normalized spacial score (nSPS) is 15.0. The summed E-state index contributed by atoms with van der Waals surface area (Å²) in [5.41, 5.74) is 8.54. The highest BCUT2D eigenvalue weighted by Crippen LogP contribution is 2.19. The lowest BCUT2D eigenvalue weighted by atomic mass is 9.95. The first-order valence-corrected chi connectivity index (χ1v) is 41.1. The quantitative estimate of drug-likeness (QED) is 0.0167. The number of nitrogens with two attached hydrogens (primary N) is 2. The topological polar surface area (TPSA) is 737 Å². The van der Waals surface area contributed by atoms with Gasteiger partial charge in [-0.1, -0.05) is 99.9 Å². The van der Waals surface area contributed by atoms with E-state index in [2.05, 4.69) is 85.1 Å². The zero-order valence-corrected chi connectivity index (χ0v) is 73.6. The van der Waals surface area contributed by atoms with E-state index in [-0.39, 0.29) is 68.9 Å². The predicted octanol–water partition coefficient (Wildman–Crippen LogP) is -5.56. The van der Waals surface area contributed by atoms with E-state index in [4.69, 9.17) is 16.9 Å². The molecule has 2 rings (SSSR count). The first-order chi connectivity index (χ1) is 58.6. The van der Waals surface area contributed by atoms with Crippen molar-refractivity contribution in [2.75, 3.05) is 26.3 Å². The molecule has 0 aliphatic rings. The Balaban J connectivity index is 2.35. The fraction of sp³-hybridized carbons (Fsp3) is 0.617. The standard InChI is InChI=1S/C81H129N19O26/c1-16-42(10)62(75(122)100-81(14,15)78(126)94-52(31-39(4)5)67(114)90-54(34-59(109)110)69(116)87-50(76(123)124)18-17-29-85-79(83)84)98-71(118)56(37-102)91-68(115)53(33-45-21-25-47(105)26-22-45)89-66(113)51(30-38(2)3)88-70(117)55(36-101)92-72(119)60(40(6)7)96-73(120)61(41(8)9)97-74(121)63(43(11)103)95-57(106)35-86-65(112)49(27-28-58(107)108)93-77(125)80(12,13)99-64(111)48(82)32-44-19-23-46(104)24-20-44/h19-26,38-43,48-56,60-63,101-105H,16-18,27-37,82H2,1-15H3,(H,86,112)(H,87,116)(H,88,117)(H,89,113)(H,90,114)(H,91,115)(H,92,119)(H,93,125)(H,94,126)(H,95,106)(H,96,120)(H,97,121)(H,98,118)(H,99,111)(H,100,122)(H,107,108)(H,109,110)(H,123,124)(H4,83,84,85)/t42-,43+,48-,49-,50-,51-,52-,53-,54-,55-,56-,60-,61-,62-,63-/m0/s1. The Kier molecular flexibility index (Phi) is 45.6. The summed E-state index contributed by atoms with van der Waals surface area (Å²) in [6.45, 7) is 18.8. The molecule has 0 bridgehead atoms. The monoisotopic (exact) mass is 1780 g/mol. The lowest BCUT2D eigenvalue weighted by Gasteiger charge is -2.32. The molecule has 0 fully saturated rings. The van der Waals surface area contributed by atoms with Crippen LogP contribution in [0.2, 0.25) is 0 Å². The Morgan fingerprint density at radius 3 is 1.25 bits per heavy atom. The number of aliphatic carboxylic acids is 3. The number of carboxylic acid groups (broad SMARTS) is 3. The summed E-state index contributed by atoms with van der Waals surface area (Å²) in [5, 5.41) is 127. The molecule has 0 aliphatic carbocycles. The van der Waals surface area contributed by atoms with Gasteiger partial charge in [0.2, 0.25) is 88.6 Å². The van der Waals surface area contributed by atoms with Crippen molar-refractivity contribution < 1.29 is 127 Å². The third-order valence-corrected chi connectivity index (χ3v) is 19.7. The van der Waals surface area contributed by atoms with Gasteiger partial charge in [0.05, 0.1) is 38.3 Å². The van der Waals surface area contributed by atoms with Crippen LogP contribution in [0.15, 0.2) is 48.5 Å². The van der Waals surface area contributed by atoms with Crippen LogP contribution in [0.4, 0.5) is 0 Å². The van der Waals surface area contributed by atoms with Gasteiger partial charge in [0, 0.05) is 19.4 Å². The second-order valence-corrected chi connectivity index (χ2v) is 33.3. The minimum atomic E-state index is -1.94. The lowest BCUT2D eigenvalue weighted by molar-refractivity contribution is -0.144. The second-order valence-electron chi connectivity index (χ2n) is 33.3. The number of phenolic OH excluding ortho intramolecular Hbond substituents is 2. The number of aliphatic hydroxyl groups excluding tert-OH is 3. The molecule has 2 aromatic rings. The Labute approximate surface area is 729 Å². The Hall–Kier alpha value is -12.4. The summed E-state index contributed by atoms with van der Waals surface area (Å²) in [4.78, 5) is 245. The van der Waals surface area contributed by atoms with Gasteiger partial charge >= 0.3 is 17.9 Å². The van der Waals surface area contributed by atoms with Gasteiger partial charge in [-0.3, -0.25) is 86.9 Å². The van der Waals surface area contributed by atoms with Gasteiger partial charge in [-0.15, -0.1) is 0 Å². The molecule has 0 saturated carbocycles. The van der Waals surface area contributed by atoms with Gasteiger partial charge in [-0.05, 0) is 138 Å². The van der Waals surface area contributed by atoms with E-state index in [0.717, 1.165) is 6.92 Å². The molecule has 0 heterocycles. The van der Waals surface area contributed by atoms with Gasteiger partial charge < -0.3 is 137 Å². The number of aromatic hydroxyl groups is 2. The molecule has 15 amide bonds. The minimum Gasteiger partial charge on any atom is -0.508 e. The van der Waals surface area contributed by atoms with Gasteiger partial charge in [-0.2, -0.15) is 0 Å². The highest BCUT2D eigenvalue weighted by atomic mass is 16.4. The number of aliphatic hydroxyl groups is 3. The zero-order chi connectivity index (χ0) is 96.1. The molecular formula is C81H129N19O26. The van der Waals surface area contributed by atoms with E-state index in [9.17, 15) is 127 Å². The summed E-state index contributed by atoms with van der Waals surface area (Å²) in [6.07, 6.45) is -4.48. The molecule has 29 N–H and O–H groups in total. The number of carbonyl (C=O) groups is 18. The van der Waals surface area contributed by atoms with E-state index >= 15 is 0 Å². The maximum absolute atomic E-state index is 14.6. The van der Waals surface area contributed by atoms with Crippen molar-refractivity contribution in [2.24, 2.45) is 41.1 Å². The van der Waals surface area contributed by atoms with Crippen molar-refractivity contribution in [1.29, 1.82) is 5.41 Å². The van der Waals surface area contributed by atoms with Crippen LogP contribution in [0.25, 0.3) is 0 Å². The zero-order valence-electron chi connectivity index (χ0n) is 73.6. The average molecular weight is 1790 g/mol. The molecule has 45 heteroatoms. The minimum absolute atomic E-state index is 0.00557. The summed E-state index contributed by atoms with van der Waals surface area (Å²) in [5.74, 6) is -24.0. The molecule has 0 spiro atoms. The molecular weight excluding hydrogens is 1650 g/mol. The van der Waals surface area contributed by atoms with Gasteiger partial charge in [0.1, 0.15) is 95.1 Å². The number of amides is 15. The van der Waals surface area contributed by atoms with Crippen LogP contribution >= 0.6 is 0 Å². The van der Waals surface area contributed by atoms with Crippen molar-refractivity contribution >= 4 is 112 Å². The maximum atomic E-state index is 14.6. The number of nitrogens with one attached hydrogen (secondary N) is 17. The Bertz CT molecular complexity index is 4110. The number of phenols is 2. The molecule has 0 unspecified atom stereocenters. The second kappa shape index (κ2) is 52.4. The van der Waals surface area contributed by atoms with E-state index in [1.807, 2.05) is 0 Å². The smallest absolute Gasteiger partial charge is 0.326 e. The van der Waals surface area contributed by atoms with Crippen LogP contribution in [-0.4, -0.2) is 275 Å². The van der Waals surface area contributed by atoms with Crippen LogP contribution in [0, 0.1) is 35.0 Å². The van der Waals surface area contributed by atoms with E-state index in [1.54, 1.807) is 41.5 Å².